The Bertz CT molecular complexity index is 626. The summed E-state index contributed by atoms with van der Waals surface area (Å²) in [5, 5.41) is 0. The van der Waals surface area contributed by atoms with Gasteiger partial charge < -0.3 is 14.2 Å². The summed E-state index contributed by atoms with van der Waals surface area (Å²) >= 11 is 0. The molecule has 2 unspecified atom stereocenters. The molecule has 1 aliphatic carbocycles. The molecule has 1 fully saturated rings. The van der Waals surface area contributed by atoms with Crippen molar-refractivity contribution in [1.82, 2.24) is 0 Å². The molecule has 6 nitrogen and oxygen atoms in total. The molecule has 2 atom stereocenters. The average Bonchev–Trinajstić information content (AvgIpc) is 2.79. The number of unbranched alkanes of at least 4 members (excludes halogenated alkanes) is 6. The van der Waals surface area contributed by atoms with Gasteiger partial charge in [-0.2, -0.15) is 0 Å². The summed E-state index contributed by atoms with van der Waals surface area (Å²) in [6, 6.07) is 0. The zero-order valence-corrected chi connectivity index (χ0v) is 22.1. The first-order chi connectivity index (χ1) is 16.2. The molecule has 0 aromatic carbocycles. The van der Waals surface area contributed by atoms with Crippen LogP contribution in [0.1, 0.15) is 111 Å². The van der Waals surface area contributed by atoms with Crippen LogP contribution in [0.15, 0.2) is 12.7 Å². The van der Waals surface area contributed by atoms with E-state index in [1.165, 1.54) is 32.1 Å². The zero-order chi connectivity index (χ0) is 25.4. The molecule has 0 amide bonds. The fourth-order valence-electron chi connectivity index (χ4n) is 4.34. The van der Waals surface area contributed by atoms with Gasteiger partial charge in [0.05, 0.1) is 19.1 Å². The van der Waals surface area contributed by atoms with Crippen LogP contribution in [0.3, 0.4) is 0 Å². The quantitative estimate of drug-likeness (QED) is 0.102. The largest absolute Gasteiger partial charge is 0.465 e. The highest BCUT2D eigenvalue weighted by Gasteiger charge is 2.49. The van der Waals surface area contributed by atoms with Crippen molar-refractivity contribution < 1.29 is 28.6 Å². The highest BCUT2D eigenvalue weighted by molar-refractivity contribution is 5.88. The molecular weight excluding hydrogens is 432 g/mol. The lowest BCUT2D eigenvalue weighted by atomic mass is 9.77. The first-order valence-electron chi connectivity index (χ1n) is 13.4. The second kappa shape index (κ2) is 16.7. The minimum absolute atomic E-state index is 0.0995. The van der Waals surface area contributed by atoms with Gasteiger partial charge in [-0.15, -0.1) is 0 Å². The maximum absolute atomic E-state index is 13.0. The van der Waals surface area contributed by atoms with Crippen LogP contribution in [-0.4, -0.2) is 36.7 Å². The summed E-state index contributed by atoms with van der Waals surface area (Å²) in [7, 11) is 0. The molecule has 0 N–H and O–H groups in total. The first kappa shape index (κ1) is 30.2. The van der Waals surface area contributed by atoms with Crippen molar-refractivity contribution >= 4 is 17.9 Å². The maximum Gasteiger partial charge on any atom is 0.350 e. The van der Waals surface area contributed by atoms with Crippen molar-refractivity contribution in [3.05, 3.63) is 12.7 Å². The molecule has 0 radical (unpaired) electrons. The number of ether oxygens (including phenoxy) is 3. The molecule has 1 saturated carbocycles. The van der Waals surface area contributed by atoms with Gasteiger partial charge in [-0.05, 0) is 43.9 Å². The van der Waals surface area contributed by atoms with Crippen LogP contribution in [-0.2, 0) is 28.6 Å². The molecule has 0 aliphatic heterocycles. The number of hydrogen-bond donors (Lipinski definition) is 0. The summed E-state index contributed by atoms with van der Waals surface area (Å²) in [6.45, 7) is 12.7. The van der Waals surface area contributed by atoms with Crippen molar-refractivity contribution in [3.8, 4) is 0 Å². The predicted molar refractivity (Wildman–Crippen MR) is 134 cm³/mol. The highest BCUT2D eigenvalue weighted by Crippen LogP contribution is 2.37. The molecule has 0 aromatic rings. The third-order valence-electron chi connectivity index (χ3n) is 6.48. The molecule has 0 spiro atoms. The highest BCUT2D eigenvalue weighted by atomic mass is 16.6. The summed E-state index contributed by atoms with van der Waals surface area (Å²) in [5.74, 6) is -0.841. The van der Waals surface area contributed by atoms with Gasteiger partial charge in [0.2, 0.25) is 5.60 Å². The number of carbonyl (C=O) groups excluding carboxylic acids is 3. The van der Waals surface area contributed by atoms with E-state index < -0.39 is 23.5 Å². The van der Waals surface area contributed by atoms with Gasteiger partial charge in [0.15, 0.2) is 0 Å². The lowest BCUT2D eigenvalue weighted by Gasteiger charge is -2.37. The Hall–Kier alpha value is -1.85. The van der Waals surface area contributed by atoms with E-state index in [0.717, 1.165) is 37.7 Å². The van der Waals surface area contributed by atoms with Crippen molar-refractivity contribution in [2.24, 2.45) is 17.8 Å². The Morgan fingerprint density at radius 1 is 0.882 bits per heavy atom. The molecule has 0 aromatic heterocycles. The molecule has 0 bridgehead atoms. The average molecular weight is 481 g/mol. The number of rotatable bonds is 17. The van der Waals surface area contributed by atoms with Crippen molar-refractivity contribution in [3.63, 3.8) is 0 Å². The Labute approximate surface area is 207 Å². The van der Waals surface area contributed by atoms with E-state index in [1.54, 1.807) is 0 Å². The topological polar surface area (TPSA) is 78.9 Å². The van der Waals surface area contributed by atoms with Gasteiger partial charge in [0, 0.05) is 12.5 Å². The van der Waals surface area contributed by atoms with E-state index in [-0.39, 0.29) is 12.4 Å². The third-order valence-corrected chi connectivity index (χ3v) is 6.48. The van der Waals surface area contributed by atoms with Gasteiger partial charge in [0.1, 0.15) is 0 Å². The van der Waals surface area contributed by atoms with Gasteiger partial charge in [-0.1, -0.05) is 79.2 Å². The van der Waals surface area contributed by atoms with E-state index in [0.29, 0.717) is 38.4 Å². The molecule has 34 heavy (non-hydrogen) atoms. The summed E-state index contributed by atoms with van der Waals surface area (Å²) < 4.78 is 16.5. The first-order valence-corrected chi connectivity index (χ1v) is 13.4. The van der Waals surface area contributed by atoms with Gasteiger partial charge in [0.25, 0.3) is 0 Å². The van der Waals surface area contributed by atoms with Crippen LogP contribution in [0, 0.1) is 17.8 Å². The monoisotopic (exact) mass is 480 g/mol. The van der Waals surface area contributed by atoms with E-state index in [4.69, 9.17) is 14.2 Å². The molecule has 196 valence electrons. The SMILES string of the molecule is C=CC(=O)OC1(C(=O)OCCCCCCCCCC(C)C)CCCC(C(=O)OCCC(C)C)C1. The standard InChI is InChI=1S/C28H48O6/c1-6-25(29)34-28(18-14-16-24(21-28)26(30)32-20-17-23(4)5)27(31)33-19-13-11-9-7-8-10-12-15-22(2)3/h6,22-24H,1,7-21H2,2-5H3. The van der Waals surface area contributed by atoms with Crippen LogP contribution in [0.2, 0.25) is 0 Å². The Morgan fingerprint density at radius 3 is 2.12 bits per heavy atom. The summed E-state index contributed by atoms with van der Waals surface area (Å²) in [4.78, 5) is 37.6. The minimum Gasteiger partial charge on any atom is -0.465 e. The van der Waals surface area contributed by atoms with E-state index in [9.17, 15) is 14.4 Å². The Morgan fingerprint density at radius 2 is 1.50 bits per heavy atom. The predicted octanol–water partition coefficient (Wildman–Crippen LogP) is 6.55. The molecule has 6 heteroatoms. The van der Waals surface area contributed by atoms with E-state index in [1.807, 2.05) is 0 Å². The normalized spacial score (nSPS) is 20.2. The summed E-state index contributed by atoms with van der Waals surface area (Å²) in [6.07, 6.45) is 12.7. The second-order valence-electron chi connectivity index (χ2n) is 10.6. The van der Waals surface area contributed by atoms with Crippen LogP contribution >= 0.6 is 0 Å². The van der Waals surface area contributed by atoms with Crippen molar-refractivity contribution in [2.45, 2.75) is 117 Å². The maximum atomic E-state index is 13.0. The zero-order valence-electron chi connectivity index (χ0n) is 22.1. The molecule has 0 heterocycles. The van der Waals surface area contributed by atoms with Crippen LogP contribution in [0.25, 0.3) is 0 Å². The van der Waals surface area contributed by atoms with E-state index in [2.05, 4.69) is 34.3 Å². The summed E-state index contributed by atoms with van der Waals surface area (Å²) in [5.41, 5.74) is -1.44. The lowest BCUT2D eigenvalue weighted by Crippen LogP contribution is -2.49. The lowest BCUT2D eigenvalue weighted by molar-refractivity contribution is -0.188. The molecule has 1 rings (SSSR count). The second-order valence-corrected chi connectivity index (χ2v) is 10.6. The van der Waals surface area contributed by atoms with Gasteiger partial charge >= 0.3 is 17.9 Å². The van der Waals surface area contributed by atoms with E-state index >= 15 is 0 Å². The van der Waals surface area contributed by atoms with Gasteiger partial charge in [-0.25, -0.2) is 9.59 Å². The molecular formula is C28H48O6. The Kier molecular flexibility index (Phi) is 14.8. The number of esters is 3. The Balaban J connectivity index is 2.49. The van der Waals surface area contributed by atoms with Gasteiger partial charge in [-0.3, -0.25) is 4.79 Å². The fraction of sp³-hybridized carbons (Fsp3) is 0.821. The van der Waals surface area contributed by atoms with Crippen molar-refractivity contribution in [1.29, 1.82) is 0 Å². The molecule has 0 saturated heterocycles. The molecule has 1 aliphatic rings. The third kappa shape index (κ3) is 12.0. The van der Waals surface area contributed by atoms with Crippen LogP contribution in [0.5, 0.6) is 0 Å². The smallest absolute Gasteiger partial charge is 0.350 e. The number of hydrogen-bond acceptors (Lipinski definition) is 6. The van der Waals surface area contributed by atoms with Crippen LogP contribution < -0.4 is 0 Å². The minimum atomic E-state index is -1.44. The fourth-order valence-corrected chi connectivity index (χ4v) is 4.34. The van der Waals surface area contributed by atoms with Crippen LogP contribution in [0.4, 0.5) is 0 Å². The van der Waals surface area contributed by atoms with Crippen molar-refractivity contribution in [2.75, 3.05) is 13.2 Å². The number of carbonyl (C=O) groups is 3.